The number of ether oxygens (including phenoxy) is 2. The summed E-state index contributed by atoms with van der Waals surface area (Å²) in [6, 6.07) is 1.61. The SMILES string of the molecule is NCCCc1c(Cl)cc(C=O)c2c1OCO2. The molecule has 1 aromatic carbocycles. The summed E-state index contributed by atoms with van der Waals surface area (Å²) in [6.45, 7) is 0.716. The van der Waals surface area contributed by atoms with Crippen LogP contribution in [0.15, 0.2) is 6.07 Å². The van der Waals surface area contributed by atoms with E-state index >= 15 is 0 Å². The lowest BCUT2D eigenvalue weighted by Gasteiger charge is -2.09. The van der Waals surface area contributed by atoms with Crippen LogP contribution in [0.3, 0.4) is 0 Å². The fraction of sp³-hybridized carbons (Fsp3) is 0.364. The van der Waals surface area contributed by atoms with Crippen molar-refractivity contribution in [1.29, 1.82) is 0 Å². The van der Waals surface area contributed by atoms with Crippen LogP contribution in [0.1, 0.15) is 22.3 Å². The highest BCUT2D eigenvalue weighted by atomic mass is 35.5. The lowest BCUT2D eigenvalue weighted by atomic mass is 10.0. The summed E-state index contributed by atoms with van der Waals surface area (Å²) in [6.07, 6.45) is 2.25. The zero-order valence-electron chi connectivity index (χ0n) is 8.66. The summed E-state index contributed by atoms with van der Waals surface area (Å²) in [5.74, 6) is 1.08. The Morgan fingerprint density at radius 2 is 2.19 bits per heavy atom. The first-order valence-electron chi connectivity index (χ1n) is 5.04. The van der Waals surface area contributed by atoms with Crippen molar-refractivity contribution in [3.63, 3.8) is 0 Å². The number of rotatable bonds is 4. The monoisotopic (exact) mass is 241 g/mol. The molecule has 0 fully saturated rings. The highest BCUT2D eigenvalue weighted by Gasteiger charge is 2.24. The van der Waals surface area contributed by atoms with E-state index in [0.717, 1.165) is 18.4 Å². The van der Waals surface area contributed by atoms with Gasteiger partial charge in [0.05, 0.1) is 5.56 Å². The Morgan fingerprint density at radius 3 is 2.88 bits per heavy atom. The Balaban J connectivity index is 2.45. The van der Waals surface area contributed by atoms with E-state index in [2.05, 4.69) is 0 Å². The van der Waals surface area contributed by atoms with Gasteiger partial charge in [-0.15, -0.1) is 0 Å². The number of carbonyl (C=O) groups is 1. The molecule has 0 aliphatic carbocycles. The zero-order valence-corrected chi connectivity index (χ0v) is 9.42. The second kappa shape index (κ2) is 4.72. The van der Waals surface area contributed by atoms with Gasteiger partial charge in [0, 0.05) is 10.6 Å². The molecule has 1 heterocycles. The standard InChI is InChI=1S/C11H12ClNO3/c12-9-4-7(5-14)10-11(16-6-15-10)8(9)2-1-3-13/h4-5H,1-3,6,13H2. The highest BCUT2D eigenvalue weighted by Crippen LogP contribution is 2.42. The molecule has 0 bridgehead atoms. The summed E-state index contributed by atoms with van der Waals surface area (Å²) in [7, 11) is 0. The van der Waals surface area contributed by atoms with Crippen molar-refractivity contribution < 1.29 is 14.3 Å². The summed E-state index contributed by atoms with van der Waals surface area (Å²) in [5.41, 5.74) is 6.75. The van der Waals surface area contributed by atoms with Gasteiger partial charge < -0.3 is 15.2 Å². The van der Waals surface area contributed by atoms with Crippen LogP contribution < -0.4 is 15.2 Å². The Hall–Kier alpha value is -1.26. The molecule has 0 saturated carbocycles. The van der Waals surface area contributed by atoms with E-state index in [1.807, 2.05) is 0 Å². The molecule has 0 radical (unpaired) electrons. The second-order valence-electron chi connectivity index (χ2n) is 3.50. The molecule has 2 N–H and O–H groups in total. The summed E-state index contributed by atoms with van der Waals surface area (Å²) < 4.78 is 10.6. The van der Waals surface area contributed by atoms with Crippen molar-refractivity contribution >= 4 is 17.9 Å². The van der Waals surface area contributed by atoms with Gasteiger partial charge >= 0.3 is 0 Å². The van der Waals surface area contributed by atoms with Gasteiger partial charge in [0.2, 0.25) is 6.79 Å². The molecule has 2 rings (SSSR count). The van der Waals surface area contributed by atoms with Crippen LogP contribution in [0.25, 0.3) is 0 Å². The number of hydrogen-bond donors (Lipinski definition) is 1. The van der Waals surface area contributed by atoms with Crippen molar-refractivity contribution in [3.05, 3.63) is 22.2 Å². The minimum atomic E-state index is 0.131. The zero-order chi connectivity index (χ0) is 11.5. The third kappa shape index (κ3) is 1.86. The van der Waals surface area contributed by atoms with E-state index in [-0.39, 0.29) is 6.79 Å². The van der Waals surface area contributed by atoms with Crippen LogP contribution in [0.4, 0.5) is 0 Å². The second-order valence-corrected chi connectivity index (χ2v) is 3.91. The molecule has 0 amide bonds. The molecule has 1 aromatic rings. The summed E-state index contributed by atoms with van der Waals surface area (Å²) in [5, 5.41) is 0.528. The maximum Gasteiger partial charge on any atom is 0.231 e. The van der Waals surface area contributed by atoms with Gasteiger partial charge in [-0.05, 0) is 25.5 Å². The van der Waals surface area contributed by atoms with Gasteiger partial charge in [0.1, 0.15) is 0 Å². The minimum absolute atomic E-state index is 0.131. The molecule has 0 unspecified atom stereocenters. The fourth-order valence-corrected chi connectivity index (χ4v) is 2.01. The third-order valence-electron chi connectivity index (χ3n) is 2.48. The molecule has 0 aromatic heterocycles. The molecule has 5 heteroatoms. The topological polar surface area (TPSA) is 61.6 Å². The molecule has 4 nitrogen and oxygen atoms in total. The van der Waals surface area contributed by atoms with Crippen molar-refractivity contribution in [1.82, 2.24) is 0 Å². The van der Waals surface area contributed by atoms with Gasteiger partial charge in [-0.3, -0.25) is 4.79 Å². The fourth-order valence-electron chi connectivity index (χ4n) is 1.71. The van der Waals surface area contributed by atoms with Crippen LogP contribution in [0.2, 0.25) is 5.02 Å². The Labute approximate surface area is 98.3 Å². The van der Waals surface area contributed by atoms with Crippen LogP contribution in [0.5, 0.6) is 11.5 Å². The first-order valence-corrected chi connectivity index (χ1v) is 5.42. The van der Waals surface area contributed by atoms with Crippen LogP contribution in [-0.2, 0) is 6.42 Å². The number of benzene rings is 1. The van der Waals surface area contributed by atoms with E-state index in [9.17, 15) is 4.79 Å². The number of nitrogens with two attached hydrogens (primary N) is 1. The van der Waals surface area contributed by atoms with E-state index < -0.39 is 0 Å². The van der Waals surface area contributed by atoms with Crippen molar-refractivity contribution in [2.45, 2.75) is 12.8 Å². The maximum absolute atomic E-state index is 10.8. The van der Waals surface area contributed by atoms with Gasteiger partial charge in [-0.1, -0.05) is 11.6 Å². The lowest BCUT2D eigenvalue weighted by Crippen LogP contribution is -2.02. The molecule has 0 spiro atoms. The van der Waals surface area contributed by atoms with Crippen LogP contribution in [-0.4, -0.2) is 19.6 Å². The molecule has 1 aliphatic heterocycles. The van der Waals surface area contributed by atoms with Gasteiger partial charge in [-0.25, -0.2) is 0 Å². The molecular formula is C11H12ClNO3. The molecule has 86 valence electrons. The average Bonchev–Trinajstić information content (AvgIpc) is 2.76. The highest BCUT2D eigenvalue weighted by molar-refractivity contribution is 6.32. The molecule has 1 aliphatic rings. The van der Waals surface area contributed by atoms with Crippen LogP contribution >= 0.6 is 11.6 Å². The van der Waals surface area contributed by atoms with Gasteiger partial charge in [0.15, 0.2) is 17.8 Å². The number of aldehydes is 1. The molecular weight excluding hydrogens is 230 g/mol. The first kappa shape index (κ1) is 11.2. The van der Waals surface area contributed by atoms with Crippen molar-refractivity contribution in [3.8, 4) is 11.5 Å². The molecule has 0 saturated heterocycles. The summed E-state index contributed by atoms with van der Waals surface area (Å²) >= 11 is 6.09. The van der Waals surface area contributed by atoms with E-state index in [4.69, 9.17) is 26.8 Å². The number of fused-ring (bicyclic) bond motifs is 1. The number of halogens is 1. The minimum Gasteiger partial charge on any atom is -0.453 e. The Bertz CT molecular complexity index is 420. The normalized spacial score (nSPS) is 12.9. The Morgan fingerprint density at radius 1 is 1.44 bits per heavy atom. The molecule has 16 heavy (non-hydrogen) atoms. The van der Waals surface area contributed by atoms with Crippen molar-refractivity contribution in [2.24, 2.45) is 5.73 Å². The Kier molecular flexibility index (Phi) is 3.31. The number of carbonyl (C=O) groups excluding carboxylic acids is 1. The largest absolute Gasteiger partial charge is 0.453 e. The maximum atomic E-state index is 10.8. The van der Waals surface area contributed by atoms with Gasteiger partial charge in [-0.2, -0.15) is 0 Å². The first-order chi connectivity index (χ1) is 7.77. The van der Waals surface area contributed by atoms with E-state index in [1.165, 1.54) is 0 Å². The van der Waals surface area contributed by atoms with Crippen molar-refractivity contribution in [2.75, 3.05) is 13.3 Å². The predicted octanol–water partition coefficient (Wildman–Crippen LogP) is 1.77. The van der Waals surface area contributed by atoms with E-state index in [1.54, 1.807) is 6.07 Å². The smallest absolute Gasteiger partial charge is 0.231 e. The number of hydrogen-bond acceptors (Lipinski definition) is 4. The summed E-state index contributed by atoms with van der Waals surface area (Å²) in [4.78, 5) is 10.8. The molecule has 0 atom stereocenters. The predicted molar refractivity (Wildman–Crippen MR) is 60.3 cm³/mol. The third-order valence-corrected chi connectivity index (χ3v) is 2.81. The van der Waals surface area contributed by atoms with E-state index in [0.29, 0.717) is 34.9 Å². The lowest BCUT2D eigenvalue weighted by molar-refractivity contribution is 0.111. The quantitative estimate of drug-likeness (QED) is 0.817. The average molecular weight is 242 g/mol. The van der Waals surface area contributed by atoms with Gasteiger partial charge in [0.25, 0.3) is 0 Å². The van der Waals surface area contributed by atoms with Crippen LogP contribution in [0, 0.1) is 0 Å².